The van der Waals surface area contributed by atoms with Gasteiger partial charge in [0, 0.05) is 6.54 Å². The third-order valence-electron chi connectivity index (χ3n) is 2.87. The lowest BCUT2D eigenvalue weighted by Crippen LogP contribution is -2.27. The number of hydrogen-bond acceptors (Lipinski definition) is 6. The van der Waals surface area contributed by atoms with Gasteiger partial charge in [0.05, 0.1) is 17.0 Å². The Kier molecular flexibility index (Phi) is 6.56. The number of ether oxygens (including phenoxy) is 1. The van der Waals surface area contributed by atoms with Gasteiger partial charge in [0.15, 0.2) is 0 Å². The van der Waals surface area contributed by atoms with E-state index >= 15 is 0 Å². The molecule has 0 aliphatic carbocycles. The van der Waals surface area contributed by atoms with Gasteiger partial charge in [0.2, 0.25) is 6.49 Å². The Morgan fingerprint density at radius 2 is 2.32 bits per heavy atom. The van der Waals surface area contributed by atoms with Crippen LogP contribution in [0.1, 0.15) is 26.7 Å². The monoisotopic (exact) mass is 361 g/mol. The van der Waals surface area contributed by atoms with Crippen LogP contribution in [0.4, 0.5) is 4.79 Å². The summed E-state index contributed by atoms with van der Waals surface area (Å²) >= 11 is 7.02. The average Bonchev–Trinajstić information content (AvgIpc) is 2.48. The van der Waals surface area contributed by atoms with Crippen molar-refractivity contribution in [1.29, 1.82) is 0 Å². The number of carbonyl (C=O) groups is 1. The van der Waals surface area contributed by atoms with E-state index in [9.17, 15) is 4.79 Å². The number of carbonyl (C=O) groups excluding carboxylic acids is 1. The van der Waals surface area contributed by atoms with Crippen LogP contribution in [0.3, 0.4) is 0 Å². The highest BCUT2D eigenvalue weighted by atomic mass is 32.5. The summed E-state index contributed by atoms with van der Waals surface area (Å²) in [5.41, 5.74) is 0.620. The molecule has 0 saturated heterocycles. The van der Waals surface area contributed by atoms with Crippen LogP contribution in [0.15, 0.2) is 23.1 Å². The SMILES string of the molecule is CCCCNC(=O)Oc1ccc2c(c1)SCP(=S)(OCC)O2. The Bertz CT molecular complexity index is 582. The Hall–Kier alpha value is -0.750. The molecule has 0 radical (unpaired) electrons. The molecule has 1 aromatic rings. The number of nitrogens with one attached hydrogen (secondary N) is 1. The molecule has 1 atom stereocenters. The van der Waals surface area contributed by atoms with E-state index in [-0.39, 0.29) is 0 Å². The topological polar surface area (TPSA) is 56.8 Å². The molecule has 1 N–H and O–H groups in total. The molecule has 22 heavy (non-hydrogen) atoms. The Balaban J connectivity index is 1.98. The van der Waals surface area contributed by atoms with Crippen molar-refractivity contribution >= 4 is 36.2 Å². The molecule has 0 saturated carbocycles. The molecule has 0 spiro atoms. The molecular formula is C14H20NO4PS2. The molecule has 0 aromatic heterocycles. The summed E-state index contributed by atoms with van der Waals surface area (Å²) in [7, 11) is 0. The van der Waals surface area contributed by atoms with Gasteiger partial charge in [-0.2, -0.15) is 0 Å². The zero-order valence-electron chi connectivity index (χ0n) is 12.7. The predicted octanol–water partition coefficient (Wildman–Crippen LogP) is 4.36. The summed E-state index contributed by atoms with van der Waals surface area (Å²) in [5, 5.41) is 2.71. The number of thioether (sulfide) groups is 1. The highest BCUT2D eigenvalue weighted by Gasteiger charge is 2.28. The van der Waals surface area contributed by atoms with Crippen molar-refractivity contribution in [3.63, 3.8) is 0 Å². The van der Waals surface area contributed by atoms with Crippen molar-refractivity contribution in [2.75, 3.05) is 18.6 Å². The third kappa shape index (κ3) is 4.88. The van der Waals surface area contributed by atoms with Crippen molar-refractivity contribution in [2.45, 2.75) is 31.6 Å². The number of rotatable bonds is 6. The number of fused-ring (bicyclic) bond motifs is 1. The smallest absolute Gasteiger partial charge is 0.412 e. The lowest BCUT2D eigenvalue weighted by atomic mass is 10.3. The first kappa shape index (κ1) is 17.6. The summed E-state index contributed by atoms with van der Waals surface area (Å²) < 4.78 is 16.6. The summed E-state index contributed by atoms with van der Waals surface area (Å²) in [6, 6.07) is 5.27. The molecule has 122 valence electrons. The van der Waals surface area contributed by atoms with Crippen LogP contribution in [0, 0.1) is 0 Å². The minimum atomic E-state index is -2.23. The molecule has 1 unspecified atom stereocenters. The van der Waals surface area contributed by atoms with Gasteiger partial charge in [0.1, 0.15) is 11.5 Å². The normalized spacial score (nSPS) is 19.9. The van der Waals surface area contributed by atoms with Crippen LogP contribution in [0.5, 0.6) is 11.5 Å². The van der Waals surface area contributed by atoms with E-state index < -0.39 is 12.6 Å². The molecule has 2 rings (SSSR count). The molecule has 1 amide bonds. The maximum Gasteiger partial charge on any atom is 0.412 e. The number of amides is 1. The highest BCUT2D eigenvalue weighted by molar-refractivity contribution is 8.18. The first-order valence-electron chi connectivity index (χ1n) is 7.22. The van der Waals surface area contributed by atoms with Crippen LogP contribution >= 0.6 is 18.3 Å². The van der Waals surface area contributed by atoms with Crippen molar-refractivity contribution in [3.05, 3.63) is 18.2 Å². The molecule has 5 nitrogen and oxygen atoms in total. The molecule has 0 bridgehead atoms. The molecule has 0 fully saturated rings. The Morgan fingerprint density at radius 3 is 3.05 bits per heavy atom. The maximum absolute atomic E-state index is 11.6. The molecule has 1 aliphatic heterocycles. The fourth-order valence-electron chi connectivity index (χ4n) is 1.84. The highest BCUT2D eigenvalue weighted by Crippen LogP contribution is 2.58. The van der Waals surface area contributed by atoms with Gasteiger partial charge < -0.3 is 19.1 Å². The summed E-state index contributed by atoms with van der Waals surface area (Å²) in [6.07, 6.45) is 1.53. The van der Waals surface area contributed by atoms with Crippen molar-refractivity contribution in [1.82, 2.24) is 5.32 Å². The van der Waals surface area contributed by atoms with Crippen LogP contribution < -0.4 is 14.6 Å². The Morgan fingerprint density at radius 1 is 1.50 bits per heavy atom. The zero-order valence-corrected chi connectivity index (χ0v) is 15.2. The van der Waals surface area contributed by atoms with Gasteiger partial charge in [-0.05, 0) is 43.4 Å². The van der Waals surface area contributed by atoms with E-state index in [2.05, 4.69) is 12.2 Å². The quantitative estimate of drug-likeness (QED) is 0.600. The van der Waals surface area contributed by atoms with Crippen molar-refractivity contribution in [2.24, 2.45) is 0 Å². The lowest BCUT2D eigenvalue weighted by molar-refractivity contribution is 0.200. The van der Waals surface area contributed by atoms with E-state index in [1.165, 1.54) is 0 Å². The number of unbranched alkanes of at least 4 members (excludes halogenated alkanes) is 1. The third-order valence-corrected chi connectivity index (χ3v) is 7.89. The maximum atomic E-state index is 11.6. The van der Waals surface area contributed by atoms with Gasteiger partial charge in [-0.25, -0.2) is 4.79 Å². The predicted molar refractivity (Wildman–Crippen MR) is 92.6 cm³/mol. The van der Waals surface area contributed by atoms with Crippen LogP contribution in [-0.2, 0) is 16.3 Å². The molecular weight excluding hydrogens is 341 g/mol. The van der Waals surface area contributed by atoms with Gasteiger partial charge in [0.25, 0.3) is 0 Å². The number of benzene rings is 1. The standard InChI is InChI=1S/C14H20NO4PS2/c1-3-5-8-15-14(16)18-11-6-7-12-13(9-11)22-10-20(21,19-12)17-4-2/h6-7,9H,3-5,8,10H2,1-2H3,(H,15,16). The summed E-state index contributed by atoms with van der Waals surface area (Å²) in [6.45, 7) is 2.91. The van der Waals surface area contributed by atoms with E-state index in [1.807, 2.05) is 6.92 Å². The van der Waals surface area contributed by atoms with E-state index in [0.717, 1.165) is 17.7 Å². The van der Waals surface area contributed by atoms with Crippen LogP contribution in [0.25, 0.3) is 0 Å². The van der Waals surface area contributed by atoms with Crippen LogP contribution in [0.2, 0.25) is 0 Å². The minimum absolute atomic E-state index is 0.436. The lowest BCUT2D eigenvalue weighted by Gasteiger charge is -2.28. The van der Waals surface area contributed by atoms with E-state index in [0.29, 0.717) is 30.1 Å². The first-order valence-corrected chi connectivity index (χ1v) is 11.0. The van der Waals surface area contributed by atoms with E-state index in [4.69, 9.17) is 25.6 Å². The van der Waals surface area contributed by atoms with Crippen molar-refractivity contribution < 1.29 is 18.6 Å². The minimum Gasteiger partial charge on any atom is -0.442 e. The zero-order chi connectivity index (χ0) is 16.0. The van der Waals surface area contributed by atoms with Gasteiger partial charge in [-0.1, -0.05) is 13.3 Å². The van der Waals surface area contributed by atoms with E-state index in [1.54, 1.807) is 30.0 Å². The van der Waals surface area contributed by atoms with Crippen LogP contribution in [-0.4, -0.2) is 24.7 Å². The second-order valence-electron chi connectivity index (χ2n) is 4.67. The van der Waals surface area contributed by atoms with Gasteiger partial charge in [-0.15, -0.1) is 11.8 Å². The second-order valence-corrected chi connectivity index (χ2v) is 9.76. The molecule has 1 heterocycles. The second kappa shape index (κ2) is 8.20. The molecule has 1 aromatic carbocycles. The van der Waals surface area contributed by atoms with Gasteiger partial charge in [-0.3, -0.25) is 0 Å². The fraction of sp³-hybridized carbons (Fsp3) is 0.500. The number of hydrogen-bond donors (Lipinski definition) is 1. The van der Waals surface area contributed by atoms with Crippen molar-refractivity contribution in [3.8, 4) is 11.5 Å². The summed E-state index contributed by atoms with van der Waals surface area (Å²) in [5.74, 6) is 1.20. The first-order chi connectivity index (χ1) is 10.6. The average molecular weight is 361 g/mol. The molecule has 1 aliphatic rings. The Labute approximate surface area is 140 Å². The summed E-state index contributed by atoms with van der Waals surface area (Å²) in [4.78, 5) is 12.6. The largest absolute Gasteiger partial charge is 0.442 e. The van der Waals surface area contributed by atoms with Gasteiger partial charge >= 0.3 is 6.09 Å². The molecule has 8 heteroatoms. The fourth-order valence-corrected chi connectivity index (χ4v) is 5.98.